The lowest BCUT2D eigenvalue weighted by Crippen LogP contribution is -2.35. The van der Waals surface area contributed by atoms with Gasteiger partial charge in [0.25, 0.3) is 0 Å². The van der Waals surface area contributed by atoms with Gasteiger partial charge in [-0.1, -0.05) is 6.07 Å². The standard InChI is InChI=1S/C14H19NO5S/c1-10-8-13(6-4-12(10)5-7-14(16)17)21(18,19)15-11(2)9-20-3/h4-8,11,15H,9H2,1-3H3,(H,16,17). The van der Waals surface area contributed by atoms with Crippen LogP contribution in [0.3, 0.4) is 0 Å². The van der Waals surface area contributed by atoms with Crippen molar-refractivity contribution in [2.24, 2.45) is 0 Å². The van der Waals surface area contributed by atoms with Crippen molar-refractivity contribution < 1.29 is 23.1 Å². The van der Waals surface area contributed by atoms with Crippen molar-refractivity contribution in [3.63, 3.8) is 0 Å². The molecule has 0 saturated carbocycles. The van der Waals surface area contributed by atoms with E-state index in [1.807, 2.05) is 0 Å². The zero-order chi connectivity index (χ0) is 16.0. The van der Waals surface area contributed by atoms with Crippen molar-refractivity contribution in [3.05, 3.63) is 35.4 Å². The van der Waals surface area contributed by atoms with Crippen molar-refractivity contribution in [2.75, 3.05) is 13.7 Å². The van der Waals surface area contributed by atoms with Crippen LogP contribution < -0.4 is 4.72 Å². The monoisotopic (exact) mass is 313 g/mol. The minimum Gasteiger partial charge on any atom is -0.478 e. The molecule has 2 N–H and O–H groups in total. The lowest BCUT2D eigenvalue weighted by atomic mass is 10.1. The number of hydrogen-bond donors (Lipinski definition) is 2. The van der Waals surface area contributed by atoms with E-state index in [0.717, 1.165) is 6.08 Å². The number of carbonyl (C=O) groups is 1. The summed E-state index contributed by atoms with van der Waals surface area (Å²) in [6, 6.07) is 4.18. The summed E-state index contributed by atoms with van der Waals surface area (Å²) in [4.78, 5) is 10.6. The van der Waals surface area contributed by atoms with Crippen LogP contribution in [0.5, 0.6) is 0 Å². The molecule has 116 valence electrons. The third kappa shape index (κ3) is 5.30. The van der Waals surface area contributed by atoms with E-state index in [9.17, 15) is 13.2 Å². The van der Waals surface area contributed by atoms with Gasteiger partial charge in [0.15, 0.2) is 0 Å². The summed E-state index contributed by atoms with van der Waals surface area (Å²) in [6.07, 6.45) is 2.43. The predicted octanol–water partition coefficient (Wildman–Crippen LogP) is 1.41. The third-order valence-corrected chi connectivity index (χ3v) is 4.32. The van der Waals surface area contributed by atoms with Gasteiger partial charge in [0.1, 0.15) is 0 Å². The van der Waals surface area contributed by atoms with Gasteiger partial charge in [0.2, 0.25) is 10.0 Å². The number of aliphatic carboxylic acids is 1. The van der Waals surface area contributed by atoms with E-state index in [1.165, 1.54) is 25.3 Å². The highest BCUT2D eigenvalue weighted by Gasteiger charge is 2.17. The van der Waals surface area contributed by atoms with Crippen LogP contribution in [0.1, 0.15) is 18.1 Å². The average molecular weight is 313 g/mol. The van der Waals surface area contributed by atoms with Crippen LogP contribution in [-0.2, 0) is 19.6 Å². The molecule has 0 heterocycles. The quantitative estimate of drug-likeness (QED) is 0.742. The molecular weight excluding hydrogens is 294 g/mol. The van der Waals surface area contributed by atoms with E-state index in [0.29, 0.717) is 11.1 Å². The van der Waals surface area contributed by atoms with Gasteiger partial charge in [0.05, 0.1) is 11.5 Å². The minimum atomic E-state index is -3.62. The average Bonchev–Trinajstić information content (AvgIpc) is 2.36. The molecule has 0 fully saturated rings. The van der Waals surface area contributed by atoms with Crippen molar-refractivity contribution in [1.82, 2.24) is 4.72 Å². The number of sulfonamides is 1. The first-order valence-corrected chi connectivity index (χ1v) is 7.77. The Kier molecular flexibility index (Phi) is 6.07. The largest absolute Gasteiger partial charge is 0.478 e. The van der Waals surface area contributed by atoms with Crippen LogP contribution in [-0.4, -0.2) is 39.3 Å². The molecule has 0 saturated heterocycles. The summed E-state index contributed by atoms with van der Waals surface area (Å²) in [5.74, 6) is -1.05. The summed E-state index contributed by atoms with van der Waals surface area (Å²) in [7, 11) is -2.12. The summed E-state index contributed by atoms with van der Waals surface area (Å²) >= 11 is 0. The number of carboxylic acid groups (broad SMARTS) is 1. The lowest BCUT2D eigenvalue weighted by Gasteiger charge is -2.14. The number of carboxylic acids is 1. The molecule has 1 rings (SSSR count). The van der Waals surface area contributed by atoms with Crippen LogP contribution in [0, 0.1) is 6.92 Å². The van der Waals surface area contributed by atoms with Gasteiger partial charge in [0, 0.05) is 19.2 Å². The predicted molar refractivity (Wildman–Crippen MR) is 79.5 cm³/mol. The molecule has 1 aromatic rings. The molecule has 0 bridgehead atoms. The van der Waals surface area contributed by atoms with Crippen molar-refractivity contribution >= 4 is 22.1 Å². The number of aryl methyl sites for hydroxylation is 1. The van der Waals surface area contributed by atoms with Gasteiger partial charge >= 0.3 is 5.97 Å². The van der Waals surface area contributed by atoms with Crippen LogP contribution >= 0.6 is 0 Å². The first kappa shape index (κ1) is 17.4. The number of rotatable bonds is 7. The molecule has 0 aliphatic rings. The smallest absolute Gasteiger partial charge is 0.328 e. The SMILES string of the molecule is COCC(C)NS(=O)(=O)c1ccc(C=CC(=O)O)c(C)c1. The molecule has 7 heteroatoms. The zero-order valence-corrected chi connectivity index (χ0v) is 13.0. The molecule has 0 spiro atoms. The first-order valence-electron chi connectivity index (χ1n) is 6.29. The molecule has 0 radical (unpaired) electrons. The zero-order valence-electron chi connectivity index (χ0n) is 12.2. The van der Waals surface area contributed by atoms with Crippen LogP contribution in [0.15, 0.2) is 29.2 Å². The number of ether oxygens (including phenoxy) is 1. The Morgan fingerprint density at radius 2 is 2.14 bits per heavy atom. The second-order valence-corrected chi connectivity index (χ2v) is 6.38. The normalized spacial score (nSPS) is 13.5. The number of benzene rings is 1. The van der Waals surface area contributed by atoms with Gasteiger partial charge in [-0.25, -0.2) is 17.9 Å². The van der Waals surface area contributed by atoms with Gasteiger partial charge < -0.3 is 9.84 Å². The third-order valence-electron chi connectivity index (χ3n) is 2.73. The number of hydrogen-bond acceptors (Lipinski definition) is 4. The second-order valence-electron chi connectivity index (χ2n) is 4.67. The molecule has 1 unspecified atom stereocenters. The Labute approximate surface area is 124 Å². The van der Waals surface area contributed by atoms with Crippen LogP contribution in [0.25, 0.3) is 6.08 Å². The molecule has 0 aromatic heterocycles. The van der Waals surface area contributed by atoms with E-state index in [4.69, 9.17) is 9.84 Å². The van der Waals surface area contributed by atoms with Gasteiger partial charge in [-0.2, -0.15) is 0 Å². The molecular formula is C14H19NO5S. The van der Waals surface area contributed by atoms with Crippen LogP contribution in [0.2, 0.25) is 0 Å². The van der Waals surface area contributed by atoms with E-state index in [1.54, 1.807) is 19.9 Å². The van der Waals surface area contributed by atoms with Crippen molar-refractivity contribution in [2.45, 2.75) is 24.8 Å². The highest BCUT2D eigenvalue weighted by atomic mass is 32.2. The minimum absolute atomic E-state index is 0.135. The number of nitrogens with one attached hydrogen (secondary N) is 1. The van der Waals surface area contributed by atoms with Crippen molar-refractivity contribution in [3.8, 4) is 0 Å². The summed E-state index contributed by atoms with van der Waals surface area (Å²) in [5, 5.41) is 8.59. The molecule has 0 aliphatic carbocycles. The Morgan fingerprint density at radius 1 is 1.48 bits per heavy atom. The molecule has 0 aliphatic heterocycles. The molecule has 0 amide bonds. The van der Waals surface area contributed by atoms with Gasteiger partial charge in [-0.15, -0.1) is 0 Å². The fraction of sp³-hybridized carbons (Fsp3) is 0.357. The second kappa shape index (κ2) is 7.35. The van der Waals surface area contributed by atoms with E-state index >= 15 is 0 Å². The molecule has 1 atom stereocenters. The van der Waals surface area contributed by atoms with E-state index in [-0.39, 0.29) is 17.5 Å². The Morgan fingerprint density at radius 3 is 2.67 bits per heavy atom. The maximum absolute atomic E-state index is 12.2. The first-order chi connectivity index (χ1) is 9.76. The molecule has 21 heavy (non-hydrogen) atoms. The van der Waals surface area contributed by atoms with Gasteiger partial charge in [-0.05, 0) is 43.2 Å². The highest BCUT2D eigenvalue weighted by molar-refractivity contribution is 7.89. The summed E-state index contributed by atoms with van der Waals surface area (Å²) in [5.41, 5.74) is 1.33. The van der Waals surface area contributed by atoms with E-state index in [2.05, 4.69) is 4.72 Å². The lowest BCUT2D eigenvalue weighted by molar-refractivity contribution is -0.131. The number of methoxy groups -OCH3 is 1. The topological polar surface area (TPSA) is 92.7 Å². The Balaban J connectivity index is 3.00. The molecule has 6 nitrogen and oxygen atoms in total. The van der Waals surface area contributed by atoms with Crippen LogP contribution in [0.4, 0.5) is 0 Å². The molecule has 1 aromatic carbocycles. The summed E-state index contributed by atoms with van der Waals surface area (Å²) in [6.45, 7) is 3.70. The van der Waals surface area contributed by atoms with E-state index < -0.39 is 16.0 Å². The fourth-order valence-corrected chi connectivity index (χ4v) is 3.09. The van der Waals surface area contributed by atoms with Crippen molar-refractivity contribution in [1.29, 1.82) is 0 Å². The summed E-state index contributed by atoms with van der Waals surface area (Å²) < 4.78 is 31.7. The van der Waals surface area contributed by atoms with Gasteiger partial charge in [-0.3, -0.25) is 0 Å². The maximum atomic E-state index is 12.2. The Bertz CT molecular complexity index is 637. The maximum Gasteiger partial charge on any atom is 0.328 e. The Hall–Kier alpha value is -1.70. The highest BCUT2D eigenvalue weighted by Crippen LogP contribution is 2.17. The fourth-order valence-electron chi connectivity index (χ4n) is 1.78.